The standard InChI is InChI=1S/C13H15N3O4S2/c1-9-2-4-10(5-3-9)21-7-6-15-22(19,20)11-8-14-13(18)16-12(11)17/h2-5,8,15H,6-7H2,1H3,(H2,14,16,17,18). The summed E-state index contributed by atoms with van der Waals surface area (Å²) < 4.78 is 26.2. The van der Waals surface area contributed by atoms with Crippen molar-refractivity contribution in [3.05, 3.63) is 56.9 Å². The highest BCUT2D eigenvalue weighted by atomic mass is 32.2. The van der Waals surface area contributed by atoms with Gasteiger partial charge in [-0.3, -0.25) is 9.78 Å². The number of benzene rings is 1. The van der Waals surface area contributed by atoms with Gasteiger partial charge in [0.05, 0.1) is 0 Å². The molecule has 1 aromatic heterocycles. The molecule has 0 saturated heterocycles. The molecule has 1 aromatic carbocycles. The summed E-state index contributed by atoms with van der Waals surface area (Å²) >= 11 is 1.50. The van der Waals surface area contributed by atoms with Crippen molar-refractivity contribution in [2.45, 2.75) is 16.7 Å². The Labute approximate surface area is 131 Å². The van der Waals surface area contributed by atoms with E-state index in [0.717, 1.165) is 16.7 Å². The first-order valence-electron chi connectivity index (χ1n) is 6.39. The molecule has 0 aliphatic rings. The molecule has 2 aromatic rings. The maximum atomic E-state index is 12.0. The molecule has 0 saturated carbocycles. The van der Waals surface area contributed by atoms with E-state index in [9.17, 15) is 18.0 Å². The lowest BCUT2D eigenvalue weighted by molar-refractivity contribution is 0.582. The van der Waals surface area contributed by atoms with Gasteiger partial charge < -0.3 is 4.98 Å². The molecule has 0 amide bonds. The largest absolute Gasteiger partial charge is 0.325 e. The number of H-pyrrole nitrogens is 2. The van der Waals surface area contributed by atoms with Gasteiger partial charge >= 0.3 is 5.69 Å². The molecule has 9 heteroatoms. The van der Waals surface area contributed by atoms with E-state index in [2.05, 4.69) is 9.71 Å². The Morgan fingerprint density at radius 3 is 2.50 bits per heavy atom. The first-order valence-corrected chi connectivity index (χ1v) is 8.86. The van der Waals surface area contributed by atoms with Crippen LogP contribution in [0.3, 0.4) is 0 Å². The Kier molecular flexibility index (Phi) is 5.22. The van der Waals surface area contributed by atoms with Gasteiger partial charge in [-0.15, -0.1) is 11.8 Å². The normalized spacial score (nSPS) is 11.5. The SMILES string of the molecule is Cc1ccc(SCCNS(=O)(=O)c2c[nH]c(=O)[nH]c2=O)cc1. The predicted octanol–water partition coefficient (Wildman–Crippen LogP) is 0.442. The van der Waals surface area contributed by atoms with Crippen LogP contribution in [0, 0.1) is 6.92 Å². The molecule has 2 rings (SSSR count). The van der Waals surface area contributed by atoms with Gasteiger partial charge in [0.1, 0.15) is 0 Å². The summed E-state index contributed by atoms with van der Waals surface area (Å²) in [5, 5.41) is 0. The second-order valence-electron chi connectivity index (χ2n) is 4.50. The molecule has 118 valence electrons. The number of hydrogen-bond donors (Lipinski definition) is 3. The van der Waals surface area contributed by atoms with Crippen molar-refractivity contribution < 1.29 is 8.42 Å². The highest BCUT2D eigenvalue weighted by molar-refractivity contribution is 7.99. The topological polar surface area (TPSA) is 112 Å². The Morgan fingerprint density at radius 1 is 1.18 bits per heavy atom. The zero-order chi connectivity index (χ0) is 16.2. The summed E-state index contributed by atoms with van der Waals surface area (Å²) in [5.74, 6) is 0.517. The van der Waals surface area contributed by atoms with E-state index in [1.807, 2.05) is 36.2 Å². The van der Waals surface area contributed by atoms with Crippen molar-refractivity contribution in [3.63, 3.8) is 0 Å². The Balaban J connectivity index is 1.94. The van der Waals surface area contributed by atoms with Crippen molar-refractivity contribution >= 4 is 21.8 Å². The Hall–Kier alpha value is -1.84. The molecule has 3 N–H and O–H groups in total. The van der Waals surface area contributed by atoms with Crippen LogP contribution in [0.25, 0.3) is 0 Å². The third-order valence-electron chi connectivity index (χ3n) is 2.76. The molecule has 0 spiro atoms. The van der Waals surface area contributed by atoms with Crippen LogP contribution in [0.4, 0.5) is 0 Å². The minimum atomic E-state index is -3.95. The average Bonchev–Trinajstić information content (AvgIpc) is 2.45. The summed E-state index contributed by atoms with van der Waals surface area (Å²) in [6.07, 6.45) is 0.886. The summed E-state index contributed by atoms with van der Waals surface area (Å²) in [4.78, 5) is 26.9. The number of aryl methyl sites for hydroxylation is 1. The molecule has 0 aliphatic carbocycles. The highest BCUT2D eigenvalue weighted by Crippen LogP contribution is 2.17. The third-order valence-corrected chi connectivity index (χ3v) is 5.24. The molecule has 0 bridgehead atoms. The zero-order valence-corrected chi connectivity index (χ0v) is 13.4. The second-order valence-corrected chi connectivity index (χ2v) is 7.40. The van der Waals surface area contributed by atoms with Crippen LogP contribution in [-0.2, 0) is 10.0 Å². The van der Waals surface area contributed by atoms with E-state index in [0.29, 0.717) is 5.75 Å². The summed E-state index contributed by atoms with van der Waals surface area (Å²) in [6.45, 7) is 2.16. The molecule has 0 radical (unpaired) electrons. The van der Waals surface area contributed by atoms with Crippen molar-refractivity contribution in [3.8, 4) is 0 Å². The molecular weight excluding hydrogens is 326 g/mol. The van der Waals surface area contributed by atoms with E-state index in [1.54, 1.807) is 0 Å². The predicted molar refractivity (Wildman–Crippen MR) is 84.8 cm³/mol. The van der Waals surface area contributed by atoms with Crippen molar-refractivity contribution in [1.29, 1.82) is 0 Å². The molecule has 0 unspecified atom stereocenters. The molecule has 0 atom stereocenters. The van der Waals surface area contributed by atoms with Gasteiger partial charge in [0.15, 0.2) is 4.90 Å². The van der Waals surface area contributed by atoms with Crippen LogP contribution in [0.1, 0.15) is 5.56 Å². The van der Waals surface area contributed by atoms with Crippen LogP contribution >= 0.6 is 11.8 Å². The van der Waals surface area contributed by atoms with Crippen LogP contribution in [0.2, 0.25) is 0 Å². The minimum Gasteiger partial charge on any atom is -0.313 e. The summed E-state index contributed by atoms with van der Waals surface area (Å²) in [5.41, 5.74) is -0.538. The maximum absolute atomic E-state index is 12.0. The van der Waals surface area contributed by atoms with E-state index in [1.165, 1.54) is 11.8 Å². The van der Waals surface area contributed by atoms with Crippen LogP contribution in [-0.4, -0.2) is 30.7 Å². The first-order chi connectivity index (χ1) is 10.4. The van der Waals surface area contributed by atoms with E-state index in [-0.39, 0.29) is 6.54 Å². The fourth-order valence-corrected chi connectivity index (χ4v) is 3.59. The molecule has 1 heterocycles. The van der Waals surface area contributed by atoms with Gasteiger partial charge in [0, 0.05) is 23.4 Å². The van der Waals surface area contributed by atoms with Crippen LogP contribution in [0.15, 0.2) is 49.8 Å². The van der Waals surface area contributed by atoms with Crippen LogP contribution < -0.4 is 16.0 Å². The molecule has 0 fully saturated rings. The van der Waals surface area contributed by atoms with E-state index >= 15 is 0 Å². The van der Waals surface area contributed by atoms with Crippen molar-refractivity contribution in [1.82, 2.24) is 14.7 Å². The number of thioether (sulfide) groups is 1. The van der Waals surface area contributed by atoms with Gasteiger partial charge in [-0.2, -0.15) is 0 Å². The highest BCUT2D eigenvalue weighted by Gasteiger charge is 2.17. The number of rotatable bonds is 6. The summed E-state index contributed by atoms with van der Waals surface area (Å²) in [7, 11) is -3.95. The number of aromatic amines is 2. The maximum Gasteiger partial charge on any atom is 0.325 e. The number of nitrogens with one attached hydrogen (secondary N) is 3. The zero-order valence-electron chi connectivity index (χ0n) is 11.8. The second kappa shape index (κ2) is 6.95. The third kappa shape index (κ3) is 4.33. The van der Waals surface area contributed by atoms with E-state index in [4.69, 9.17) is 0 Å². The summed E-state index contributed by atoms with van der Waals surface area (Å²) in [6, 6.07) is 7.88. The van der Waals surface area contributed by atoms with Gasteiger partial charge in [-0.1, -0.05) is 17.7 Å². The quantitative estimate of drug-likeness (QED) is 0.521. The fraction of sp³-hybridized carbons (Fsp3) is 0.231. The Bertz CT molecular complexity index is 854. The minimum absolute atomic E-state index is 0.166. The van der Waals surface area contributed by atoms with Gasteiger partial charge in [0.25, 0.3) is 5.56 Å². The van der Waals surface area contributed by atoms with Gasteiger partial charge in [-0.25, -0.2) is 17.9 Å². The van der Waals surface area contributed by atoms with E-state index < -0.39 is 26.2 Å². The molecule has 22 heavy (non-hydrogen) atoms. The van der Waals surface area contributed by atoms with Gasteiger partial charge in [-0.05, 0) is 19.1 Å². The average molecular weight is 341 g/mol. The number of sulfonamides is 1. The molecular formula is C13H15N3O4S2. The molecule has 0 aliphatic heterocycles. The Morgan fingerprint density at radius 2 is 1.86 bits per heavy atom. The number of hydrogen-bond acceptors (Lipinski definition) is 5. The fourth-order valence-electron chi connectivity index (χ4n) is 1.65. The van der Waals surface area contributed by atoms with Crippen molar-refractivity contribution in [2.24, 2.45) is 0 Å². The smallest absolute Gasteiger partial charge is 0.313 e. The first kappa shape index (κ1) is 16.5. The number of aromatic nitrogens is 2. The lowest BCUT2D eigenvalue weighted by Gasteiger charge is -2.06. The lowest BCUT2D eigenvalue weighted by Crippen LogP contribution is -2.34. The van der Waals surface area contributed by atoms with Crippen molar-refractivity contribution in [2.75, 3.05) is 12.3 Å². The monoisotopic (exact) mass is 341 g/mol. The lowest BCUT2D eigenvalue weighted by atomic mass is 10.2. The molecule has 7 nitrogen and oxygen atoms in total. The van der Waals surface area contributed by atoms with Crippen LogP contribution in [0.5, 0.6) is 0 Å². The van der Waals surface area contributed by atoms with Gasteiger partial charge in [0.2, 0.25) is 10.0 Å².